The number of rotatable bonds is 7. The van der Waals surface area contributed by atoms with E-state index in [4.69, 9.17) is 0 Å². The van der Waals surface area contributed by atoms with E-state index < -0.39 is 0 Å². The number of thiol groups is 1. The molecule has 0 atom stereocenters. The van der Waals surface area contributed by atoms with Crippen LogP contribution in [-0.2, 0) is 0 Å². The molecule has 0 aromatic rings. The van der Waals surface area contributed by atoms with Crippen molar-refractivity contribution in [3.8, 4) is 0 Å². The molecule has 0 spiro atoms. The summed E-state index contributed by atoms with van der Waals surface area (Å²) in [6.07, 6.45) is 8.08. The lowest BCUT2D eigenvalue weighted by molar-refractivity contribution is 0.0161. The van der Waals surface area contributed by atoms with Crippen molar-refractivity contribution in [3.05, 3.63) is 0 Å². The third kappa shape index (κ3) is 5.23. The van der Waals surface area contributed by atoms with Gasteiger partial charge in [0.25, 0.3) is 0 Å². The van der Waals surface area contributed by atoms with Crippen LogP contribution in [0.4, 0.5) is 0 Å². The zero-order valence-corrected chi connectivity index (χ0v) is 10.8. The molecule has 1 N–H and O–H groups in total. The molecule has 1 rings (SSSR count). The molecule has 0 radical (unpaired) electrons. The van der Waals surface area contributed by atoms with Crippen molar-refractivity contribution in [2.24, 2.45) is 0 Å². The Balaban J connectivity index is 2.09. The van der Waals surface area contributed by atoms with Gasteiger partial charge in [0.05, 0.1) is 5.60 Å². The van der Waals surface area contributed by atoms with E-state index in [1.165, 1.54) is 32.1 Å². The van der Waals surface area contributed by atoms with Crippen LogP contribution in [0.3, 0.4) is 0 Å². The maximum Gasteiger partial charge on any atom is 0.0774 e. The summed E-state index contributed by atoms with van der Waals surface area (Å²) in [4.78, 5) is 2.28. The van der Waals surface area contributed by atoms with Gasteiger partial charge in [0.1, 0.15) is 0 Å². The highest BCUT2D eigenvalue weighted by molar-refractivity contribution is 7.80. The standard InChI is InChI=1S/C12H25NOS/c1-13(9-5-2-6-10-15)11-12(14)7-3-4-8-12/h14-15H,2-11H2,1H3. The van der Waals surface area contributed by atoms with E-state index in [9.17, 15) is 5.11 Å². The van der Waals surface area contributed by atoms with Gasteiger partial charge in [0.2, 0.25) is 0 Å². The third-order valence-electron chi connectivity index (χ3n) is 3.30. The zero-order chi connectivity index (χ0) is 11.1. The Morgan fingerprint density at radius 2 is 1.87 bits per heavy atom. The molecule has 1 aliphatic rings. The summed E-state index contributed by atoms with van der Waals surface area (Å²) in [6.45, 7) is 1.96. The first-order valence-electron chi connectivity index (χ1n) is 6.18. The molecule has 0 amide bonds. The molecule has 90 valence electrons. The van der Waals surface area contributed by atoms with Crippen LogP contribution in [0.25, 0.3) is 0 Å². The first kappa shape index (κ1) is 13.3. The van der Waals surface area contributed by atoms with Gasteiger partial charge in [-0.2, -0.15) is 12.6 Å². The molecule has 1 fully saturated rings. The van der Waals surface area contributed by atoms with Gasteiger partial charge in [-0.05, 0) is 45.0 Å². The molecule has 0 aromatic carbocycles. The van der Waals surface area contributed by atoms with Crippen molar-refractivity contribution >= 4 is 12.6 Å². The number of likely N-dealkylation sites (N-methyl/N-ethyl adjacent to an activating group) is 1. The van der Waals surface area contributed by atoms with E-state index >= 15 is 0 Å². The minimum atomic E-state index is -0.377. The summed E-state index contributed by atoms with van der Waals surface area (Å²) in [7, 11) is 2.12. The molecule has 2 nitrogen and oxygen atoms in total. The highest BCUT2D eigenvalue weighted by atomic mass is 32.1. The van der Waals surface area contributed by atoms with Crippen LogP contribution in [0, 0.1) is 0 Å². The van der Waals surface area contributed by atoms with Crippen LogP contribution in [-0.4, -0.2) is 41.5 Å². The first-order chi connectivity index (χ1) is 7.16. The van der Waals surface area contributed by atoms with Gasteiger partial charge in [-0.25, -0.2) is 0 Å². The van der Waals surface area contributed by atoms with E-state index in [0.29, 0.717) is 0 Å². The quantitative estimate of drug-likeness (QED) is 0.519. The molecular weight excluding hydrogens is 206 g/mol. The second-order valence-corrected chi connectivity index (χ2v) is 5.40. The van der Waals surface area contributed by atoms with Crippen molar-refractivity contribution < 1.29 is 5.11 Å². The summed E-state index contributed by atoms with van der Waals surface area (Å²) in [6, 6.07) is 0. The zero-order valence-electron chi connectivity index (χ0n) is 9.91. The Labute approximate surface area is 99.5 Å². The average molecular weight is 231 g/mol. The van der Waals surface area contributed by atoms with Crippen LogP contribution >= 0.6 is 12.6 Å². The topological polar surface area (TPSA) is 23.5 Å². The maximum absolute atomic E-state index is 10.2. The van der Waals surface area contributed by atoms with Gasteiger partial charge < -0.3 is 10.0 Å². The molecule has 1 saturated carbocycles. The van der Waals surface area contributed by atoms with Crippen LogP contribution < -0.4 is 0 Å². The number of unbranched alkanes of at least 4 members (excludes halogenated alkanes) is 2. The van der Waals surface area contributed by atoms with Gasteiger partial charge in [0.15, 0.2) is 0 Å². The van der Waals surface area contributed by atoms with E-state index in [1.807, 2.05) is 0 Å². The number of hydrogen-bond donors (Lipinski definition) is 2. The van der Waals surface area contributed by atoms with Crippen LogP contribution in [0.2, 0.25) is 0 Å². The molecule has 15 heavy (non-hydrogen) atoms. The summed E-state index contributed by atoms with van der Waals surface area (Å²) in [5, 5.41) is 10.2. The Kier molecular flexibility index (Phi) is 6.02. The monoisotopic (exact) mass is 231 g/mol. The molecule has 0 saturated heterocycles. The average Bonchev–Trinajstić information content (AvgIpc) is 2.59. The minimum Gasteiger partial charge on any atom is -0.389 e. The van der Waals surface area contributed by atoms with Crippen molar-refractivity contribution in [2.75, 3.05) is 25.9 Å². The Bertz CT molecular complexity index is 169. The van der Waals surface area contributed by atoms with Gasteiger partial charge in [0, 0.05) is 6.54 Å². The number of nitrogens with zero attached hydrogens (tertiary/aromatic N) is 1. The van der Waals surface area contributed by atoms with Crippen LogP contribution in [0.15, 0.2) is 0 Å². The highest BCUT2D eigenvalue weighted by Crippen LogP contribution is 2.29. The lowest BCUT2D eigenvalue weighted by atomic mass is 10.0. The Hall–Kier alpha value is 0.270. The molecule has 1 aliphatic carbocycles. The molecule has 3 heteroatoms. The third-order valence-corrected chi connectivity index (χ3v) is 3.61. The molecular formula is C12H25NOS. The van der Waals surface area contributed by atoms with Crippen molar-refractivity contribution in [1.82, 2.24) is 4.90 Å². The van der Waals surface area contributed by atoms with Gasteiger partial charge in [-0.1, -0.05) is 19.3 Å². The van der Waals surface area contributed by atoms with Gasteiger partial charge in [-0.3, -0.25) is 0 Å². The molecule has 0 aromatic heterocycles. The molecule has 0 aliphatic heterocycles. The smallest absolute Gasteiger partial charge is 0.0774 e. The first-order valence-corrected chi connectivity index (χ1v) is 6.81. The molecule has 0 bridgehead atoms. The van der Waals surface area contributed by atoms with Crippen molar-refractivity contribution in [1.29, 1.82) is 0 Å². The highest BCUT2D eigenvalue weighted by Gasteiger charge is 2.31. The Morgan fingerprint density at radius 1 is 1.20 bits per heavy atom. The fraction of sp³-hybridized carbons (Fsp3) is 1.00. The van der Waals surface area contributed by atoms with E-state index in [-0.39, 0.29) is 5.60 Å². The maximum atomic E-state index is 10.2. The lowest BCUT2D eigenvalue weighted by Crippen LogP contribution is -2.39. The summed E-state index contributed by atoms with van der Waals surface area (Å²) in [5.74, 6) is 0.994. The number of hydrogen-bond acceptors (Lipinski definition) is 3. The minimum absolute atomic E-state index is 0.377. The SMILES string of the molecule is CN(CCCCCS)CC1(O)CCCC1. The van der Waals surface area contributed by atoms with Gasteiger partial charge >= 0.3 is 0 Å². The Morgan fingerprint density at radius 3 is 2.47 bits per heavy atom. The summed E-state index contributed by atoms with van der Waals surface area (Å²) in [5.41, 5.74) is -0.377. The fourth-order valence-corrected chi connectivity index (χ4v) is 2.67. The van der Waals surface area contributed by atoms with E-state index in [2.05, 4.69) is 24.6 Å². The second-order valence-electron chi connectivity index (χ2n) is 4.95. The van der Waals surface area contributed by atoms with E-state index in [1.54, 1.807) is 0 Å². The number of aliphatic hydroxyl groups is 1. The lowest BCUT2D eigenvalue weighted by Gasteiger charge is -2.28. The molecule has 0 unspecified atom stereocenters. The fourth-order valence-electron chi connectivity index (χ4n) is 2.44. The summed E-state index contributed by atoms with van der Waals surface area (Å²) < 4.78 is 0. The van der Waals surface area contributed by atoms with Crippen LogP contribution in [0.5, 0.6) is 0 Å². The predicted octanol–water partition coefficient (Wildman–Crippen LogP) is 2.32. The van der Waals surface area contributed by atoms with Crippen LogP contribution in [0.1, 0.15) is 44.9 Å². The summed E-state index contributed by atoms with van der Waals surface area (Å²) >= 11 is 4.20. The second kappa shape index (κ2) is 6.77. The van der Waals surface area contributed by atoms with E-state index in [0.717, 1.165) is 31.7 Å². The molecule has 0 heterocycles. The largest absolute Gasteiger partial charge is 0.389 e. The normalized spacial score (nSPS) is 20.0. The van der Waals surface area contributed by atoms with Crippen molar-refractivity contribution in [3.63, 3.8) is 0 Å². The predicted molar refractivity (Wildman–Crippen MR) is 68.6 cm³/mol. The van der Waals surface area contributed by atoms with Crippen molar-refractivity contribution in [2.45, 2.75) is 50.5 Å². The van der Waals surface area contributed by atoms with Gasteiger partial charge in [-0.15, -0.1) is 0 Å².